The molecule has 0 aliphatic rings. The van der Waals surface area contributed by atoms with Crippen molar-refractivity contribution in [3.8, 4) is 0 Å². The van der Waals surface area contributed by atoms with E-state index in [0.29, 0.717) is 12.8 Å². The lowest BCUT2D eigenvalue weighted by Gasteiger charge is -2.04. The fraction of sp³-hybridized carbons (Fsp3) is 0.333. The lowest BCUT2D eigenvalue weighted by molar-refractivity contribution is -0.140. The predicted molar refractivity (Wildman–Crippen MR) is 108 cm³/mol. The Bertz CT molecular complexity index is 733. The molecule has 0 aliphatic heterocycles. The summed E-state index contributed by atoms with van der Waals surface area (Å²) in [5, 5.41) is 9.10. The van der Waals surface area contributed by atoms with Gasteiger partial charge in [0.05, 0.1) is 17.9 Å². The van der Waals surface area contributed by atoms with Gasteiger partial charge in [-0.3, -0.25) is 4.79 Å². The van der Waals surface area contributed by atoms with E-state index in [4.69, 9.17) is 14.3 Å². The van der Waals surface area contributed by atoms with E-state index in [0.717, 1.165) is 34.6 Å². The largest absolute Gasteiger partial charge is 0.469 e. The first kappa shape index (κ1) is 23.5. The summed E-state index contributed by atoms with van der Waals surface area (Å²) < 4.78 is 10.6. The normalized spacial score (nSPS) is 9.04. The third-order valence-electron chi connectivity index (χ3n) is 3.45. The molecule has 26 heavy (non-hydrogen) atoms. The fourth-order valence-electron chi connectivity index (χ4n) is 2.47. The minimum Gasteiger partial charge on any atom is -0.469 e. The van der Waals surface area contributed by atoms with Gasteiger partial charge in [-0.15, -0.1) is 0 Å². The molecule has 3 aromatic rings. The zero-order valence-electron chi connectivity index (χ0n) is 16.3. The standard InChI is InChI=1S/C17H15O3.C2H6.CH5N.CH4O/c1-19-17(18)11-10-12-13-6-2-4-8-15(13)20-16-9-5-3-7-14(12)16;3*1-2/h2-9H,10-11H2,1H3;1-2H3;2H2,1H3;2H,1H3/q+1;;;. The number of ether oxygens (including phenoxy) is 1. The number of aliphatic hydroxyl groups excluding tert-OH is 1. The van der Waals surface area contributed by atoms with E-state index >= 15 is 0 Å². The number of para-hydroxylation sites is 2. The molecule has 0 spiro atoms. The summed E-state index contributed by atoms with van der Waals surface area (Å²) in [5.74, 6) is -0.195. The van der Waals surface area contributed by atoms with E-state index in [1.807, 2.05) is 62.4 Å². The SMILES string of the molecule is CC.CN.CO.COC(=O)CCc1c2ccccc2[o+]c2ccccc12. The van der Waals surface area contributed by atoms with Gasteiger partial charge in [0.1, 0.15) is 0 Å². The first-order valence-electron chi connectivity index (χ1n) is 8.61. The van der Waals surface area contributed by atoms with Crippen molar-refractivity contribution < 1.29 is 19.1 Å². The van der Waals surface area contributed by atoms with Crippen LogP contribution in [0.1, 0.15) is 25.8 Å². The highest BCUT2D eigenvalue weighted by Crippen LogP contribution is 2.29. The zero-order valence-corrected chi connectivity index (χ0v) is 16.3. The molecule has 0 bridgehead atoms. The molecule has 0 atom stereocenters. The van der Waals surface area contributed by atoms with Crippen molar-refractivity contribution in [3.63, 3.8) is 0 Å². The van der Waals surface area contributed by atoms with Crippen LogP contribution in [0.3, 0.4) is 0 Å². The van der Waals surface area contributed by atoms with E-state index in [2.05, 4.69) is 5.73 Å². The molecule has 5 nitrogen and oxygen atoms in total. The first-order chi connectivity index (χ1) is 12.8. The molecule has 142 valence electrons. The van der Waals surface area contributed by atoms with Gasteiger partial charge in [0.2, 0.25) is 0 Å². The highest BCUT2D eigenvalue weighted by molar-refractivity contribution is 5.95. The van der Waals surface area contributed by atoms with Gasteiger partial charge < -0.3 is 15.6 Å². The van der Waals surface area contributed by atoms with Gasteiger partial charge in [0.25, 0.3) is 0 Å². The van der Waals surface area contributed by atoms with Gasteiger partial charge in [-0.05, 0) is 31.2 Å². The maximum atomic E-state index is 11.4. The van der Waals surface area contributed by atoms with Crippen molar-refractivity contribution in [1.29, 1.82) is 0 Å². The molecule has 0 aliphatic carbocycles. The molecule has 1 aromatic heterocycles. The average molecular weight is 360 g/mol. The lowest BCUT2D eigenvalue weighted by Crippen LogP contribution is -2.02. The Labute approximate surface area is 155 Å². The maximum absolute atomic E-state index is 11.4. The monoisotopic (exact) mass is 360 g/mol. The number of hydrogen-bond donors (Lipinski definition) is 2. The summed E-state index contributed by atoms with van der Waals surface area (Å²) in [6.07, 6.45) is 1.01. The summed E-state index contributed by atoms with van der Waals surface area (Å²) in [7, 11) is 3.92. The van der Waals surface area contributed by atoms with Crippen LogP contribution in [0.15, 0.2) is 52.9 Å². The number of rotatable bonds is 3. The number of carbonyl (C=O) groups excluding carboxylic acids is 1. The second-order valence-electron chi connectivity index (χ2n) is 4.65. The number of nitrogens with two attached hydrogens (primary N) is 1. The highest BCUT2D eigenvalue weighted by atomic mass is 16.5. The molecular formula is C21H30NO4+. The van der Waals surface area contributed by atoms with E-state index in [1.54, 1.807) is 0 Å². The smallest absolute Gasteiger partial charge is 0.361 e. The minimum absolute atomic E-state index is 0.195. The summed E-state index contributed by atoms with van der Waals surface area (Å²) >= 11 is 0. The van der Waals surface area contributed by atoms with Crippen LogP contribution in [-0.2, 0) is 16.0 Å². The van der Waals surface area contributed by atoms with Crippen LogP contribution in [0.2, 0.25) is 0 Å². The number of aryl methyl sites for hydroxylation is 1. The van der Waals surface area contributed by atoms with Crippen LogP contribution >= 0.6 is 0 Å². The van der Waals surface area contributed by atoms with Crippen LogP contribution in [0, 0.1) is 0 Å². The Hall–Kier alpha value is -2.50. The molecule has 5 heteroatoms. The van der Waals surface area contributed by atoms with Gasteiger partial charge in [-0.25, -0.2) is 4.42 Å². The lowest BCUT2D eigenvalue weighted by atomic mass is 10.00. The predicted octanol–water partition coefficient (Wildman–Crippen LogP) is 4.18. The van der Waals surface area contributed by atoms with Gasteiger partial charge >= 0.3 is 17.1 Å². The molecule has 3 N–H and O–H groups in total. The molecule has 0 saturated heterocycles. The number of aliphatic hydroxyl groups is 1. The third-order valence-corrected chi connectivity index (χ3v) is 3.45. The van der Waals surface area contributed by atoms with E-state index in [9.17, 15) is 4.79 Å². The van der Waals surface area contributed by atoms with E-state index in [1.165, 1.54) is 14.2 Å². The number of benzene rings is 2. The first-order valence-corrected chi connectivity index (χ1v) is 8.61. The molecule has 3 rings (SSSR count). The second kappa shape index (κ2) is 13.8. The van der Waals surface area contributed by atoms with Crippen LogP contribution < -0.4 is 5.73 Å². The van der Waals surface area contributed by atoms with Crippen molar-refractivity contribution in [2.45, 2.75) is 26.7 Å². The topological polar surface area (TPSA) is 83.9 Å². The number of methoxy groups -OCH3 is 1. The number of esters is 1. The van der Waals surface area contributed by atoms with Crippen molar-refractivity contribution in [1.82, 2.24) is 0 Å². The molecule has 0 radical (unpaired) electrons. The minimum atomic E-state index is -0.195. The molecule has 1 heterocycles. The Balaban J connectivity index is 0.000000948. The summed E-state index contributed by atoms with van der Waals surface area (Å²) in [6.45, 7) is 4.00. The Kier molecular flexibility index (Phi) is 12.4. The molecule has 2 aromatic carbocycles. The van der Waals surface area contributed by atoms with Gasteiger partial charge in [-0.1, -0.05) is 38.1 Å². The van der Waals surface area contributed by atoms with Crippen LogP contribution in [0.4, 0.5) is 0 Å². The number of carbonyl (C=O) groups is 1. The Morgan fingerprint density at radius 3 is 1.81 bits per heavy atom. The second-order valence-corrected chi connectivity index (χ2v) is 4.65. The average Bonchev–Trinajstić information content (AvgIpc) is 2.75. The van der Waals surface area contributed by atoms with Crippen LogP contribution in [-0.4, -0.2) is 32.3 Å². The Morgan fingerprint density at radius 2 is 1.38 bits per heavy atom. The van der Waals surface area contributed by atoms with Crippen molar-refractivity contribution in [2.24, 2.45) is 5.73 Å². The maximum Gasteiger partial charge on any atom is 0.361 e. The van der Waals surface area contributed by atoms with Crippen LogP contribution in [0.25, 0.3) is 21.9 Å². The molecule has 0 saturated carbocycles. The quantitative estimate of drug-likeness (QED) is 0.416. The molecule has 0 unspecified atom stereocenters. The highest BCUT2D eigenvalue weighted by Gasteiger charge is 2.18. The van der Waals surface area contributed by atoms with Crippen molar-refractivity contribution in [2.75, 3.05) is 21.3 Å². The zero-order chi connectivity index (χ0) is 19.9. The van der Waals surface area contributed by atoms with Crippen molar-refractivity contribution >= 4 is 27.9 Å². The van der Waals surface area contributed by atoms with E-state index < -0.39 is 0 Å². The molecular weight excluding hydrogens is 330 g/mol. The molecule has 0 amide bonds. The summed E-state index contributed by atoms with van der Waals surface area (Å²) in [5.41, 5.74) is 7.31. The summed E-state index contributed by atoms with van der Waals surface area (Å²) in [6, 6.07) is 15.8. The van der Waals surface area contributed by atoms with Gasteiger partial charge in [0, 0.05) is 25.7 Å². The number of hydrogen-bond acceptors (Lipinski definition) is 4. The van der Waals surface area contributed by atoms with Gasteiger partial charge in [-0.2, -0.15) is 0 Å². The fourth-order valence-corrected chi connectivity index (χ4v) is 2.47. The van der Waals surface area contributed by atoms with Crippen LogP contribution in [0.5, 0.6) is 0 Å². The van der Waals surface area contributed by atoms with E-state index in [-0.39, 0.29) is 5.97 Å². The van der Waals surface area contributed by atoms with Crippen molar-refractivity contribution in [3.05, 3.63) is 54.1 Å². The third kappa shape index (κ3) is 6.10. The molecule has 0 fully saturated rings. The summed E-state index contributed by atoms with van der Waals surface area (Å²) in [4.78, 5) is 11.4. The number of fused-ring (bicyclic) bond motifs is 2. The Morgan fingerprint density at radius 1 is 0.962 bits per heavy atom. The van der Waals surface area contributed by atoms with Gasteiger partial charge in [0.15, 0.2) is 0 Å².